The third kappa shape index (κ3) is 4.24. The first kappa shape index (κ1) is 13.8. The second kappa shape index (κ2) is 5.88. The van der Waals surface area contributed by atoms with Crippen LogP contribution in [-0.4, -0.2) is 26.1 Å². The predicted molar refractivity (Wildman–Crippen MR) is 67.7 cm³/mol. The van der Waals surface area contributed by atoms with Gasteiger partial charge < -0.3 is 5.32 Å². The smallest absolute Gasteiger partial charge is 0.251 e. The van der Waals surface area contributed by atoms with Crippen molar-refractivity contribution in [2.75, 3.05) is 16.5 Å². The van der Waals surface area contributed by atoms with E-state index in [2.05, 4.69) is 10.0 Å². The topological polar surface area (TPSA) is 75.3 Å². The third-order valence-electron chi connectivity index (χ3n) is 1.88. The molecule has 5 nitrogen and oxygen atoms in total. The molecule has 0 radical (unpaired) electrons. The van der Waals surface area contributed by atoms with Crippen LogP contribution in [0.15, 0.2) is 24.3 Å². The van der Waals surface area contributed by atoms with Crippen LogP contribution >= 0.6 is 11.6 Å². The number of anilines is 1. The SMILES string of the molecule is CCNC(=O)c1cccc(NS(=O)(=O)CCl)c1. The second-order valence-electron chi connectivity index (χ2n) is 3.27. The predicted octanol–water partition coefficient (Wildman–Crippen LogP) is 1.37. The van der Waals surface area contributed by atoms with Crippen LogP contribution in [0.5, 0.6) is 0 Å². The standard InChI is InChI=1S/C10H13ClN2O3S/c1-2-12-10(14)8-4-3-5-9(6-8)13-17(15,16)7-11/h3-6,13H,2,7H2,1H3,(H,12,14). The fraction of sp³-hybridized carbons (Fsp3) is 0.300. The highest BCUT2D eigenvalue weighted by molar-refractivity contribution is 7.93. The quantitative estimate of drug-likeness (QED) is 0.798. The minimum absolute atomic E-state index is 0.251. The van der Waals surface area contributed by atoms with Crippen LogP contribution in [0.2, 0.25) is 0 Å². The maximum Gasteiger partial charge on any atom is 0.251 e. The average Bonchev–Trinajstić information content (AvgIpc) is 2.29. The van der Waals surface area contributed by atoms with E-state index in [-0.39, 0.29) is 5.91 Å². The van der Waals surface area contributed by atoms with Gasteiger partial charge in [-0.2, -0.15) is 0 Å². The van der Waals surface area contributed by atoms with Gasteiger partial charge in [0.05, 0.1) is 0 Å². The summed E-state index contributed by atoms with van der Waals surface area (Å²) in [5.41, 5.74) is 0.705. The van der Waals surface area contributed by atoms with E-state index >= 15 is 0 Å². The average molecular weight is 277 g/mol. The van der Waals surface area contributed by atoms with Crippen LogP contribution in [-0.2, 0) is 10.0 Å². The Labute approximate surface area is 105 Å². The molecule has 2 N–H and O–H groups in total. The van der Waals surface area contributed by atoms with Gasteiger partial charge in [-0.1, -0.05) is 6.07 Å². The molecule has 0 fully saturated rings. The van der Waals surface area contributed by atoms with Crippen molar-refractivity contribution in [3.8, 4) is 0 Å². The fourth-order valence-electron chi connectivity index (χ4n) is 1.19. The highest BCUT2D eigenvalue weighted by atomic mass is 35.5. The van der Waals surface area contributed by atoms with Crippen molar-refractivity contribution in [2.45, 2.75) is 6.92 Å². The molecular formula is C10H13ClN2O3S. The van der Waals surface area contributed by atoms with E-state index in [9.17, 15) is 13.2 Å². The van der Waals surface area contributed by atoms with Crippen molar-refractivity contribution in [1.82, 2.24) is 5.32 Å². The summed E-state index contributed by atoms with van der Waals surface area (Å²) in [6.07, 6.45) is 0. The minimum Gasteiger partial charge on any atom is -0.352 e. The number of alkyl halides is 1. The van der Waals surface area contributed by atoms with Gasteiger partial charge in [0.15, 0.2) is 0 Å². The molecule has 1 aromatic rings. The van der Waals surface area contributed by atoms with Crippen LogP contribution in [0.25, 0.3) is 0 Å². The Balaban J connectivity index is 2.90. The fourth-order valence-corrected chi connectivity index (χ4v) is 1.90. The summed E-state index contributed by atoms with van der Waals surface area (Å²) >= 11 is 5.27. The molecule has 0 heterocycles. The van der Waals surface area contributed by atoms with Crippen molar-refractivity contribution in [1.29, 1.82) is 0 Å². The molecule has 0 spiro atoms. The van der Waals surface area contributed by atoms with E-state index < -0.39 is 15.2 Å². The van der Waals surface area contributed by atoms with Crippen molar-refractivity contribution in [3.63, 3.8) is 0 Å². The van der Waals surface area contributed by atoms with Gasteiger partial charge >= 0.3 is 0 Å². The first-order valence-electron chi connectivity index (χ1n) is 4.93. The Kier molecular flexibility index (Phi) is 4.77. The summed E-state index contributed by atoms with van der Waals surface area (Å²) in [4.78, 5) is 11.5. The molecule has 0 aliphatic carbocycles. The van der Waals surface area contributed by atoms with Crippen molar-refractivity contribution in [2.24, 2.45) is 0 Å². The molecule has 1 aromatic carbocycles. The monoisotopic (exact) mass is 276 g/mol. The highest BCUT2D eigenvalue weighted by Gasteiger charge is 2.10. The van der Waals surface area contributed by atoms with Crippen LogP contribution in [0.1, 0.15) is 17.3 Å². The molecule has 7 heteroatoms. The molecule has 0 saturated heterocycles. The van der Waals surface area contributed by atoms with Crippen LogP contribution in [0.4, 0.5) is 5.69 Å². The molecule has 94 valence electrons. The Morgan fingerprint density at radius 3 is 2.71 bits per heavy atom. The first-order chi connectivity index (χ1) is 7.98. The molecular weight excluding hydrogens is 264 g/mol. The summed E-state index contributed by atoms with van der Waals surface area (Å²) in [7, 11) is -3.54. The lowest BCUT2D eigenvalue weighted by molar-refractivity contribution is 0.0956. The lowest BCUT2D eigenvalue weighted by Gasteiger charge is -2.07. The lowest BCUT2D eigenvalue weighted by atomic mass is 10.2. The van der Waals surface area contributed by atoms with Gasteiger partial charge in [0.25, 0.3) is 5.91 Å². The third-order valence-corrected chi connectivity index (χ3v) is 3.57. The number of nitrogens with one attached hydrogen (secondary N) is 2. The second-order valence-corrected chi connectivity index (χ2v) is 5.57. The molecule has 0 unspecified atom stereocenters. The van der Waals surface area contributed by atoms with E-state index in [1.807, 2.05) is 0 Å². The van der Waals surface area contributed by atoms with Gasteiger partial charge in [0, 0.05) is 17.8 Å². The first-order valence-corrected chi connectivity index (χ1v) is 7.12. The van der Waals surface area contributed by atoms with Gasteiger partial charge in [-0.15, -0.1) is 11.6 Å². The lowest BCUT2D eigenvalue weighted by Crippen LogP contribution is -2.22. The number of hydrogen-bond acceptors (Lipinski definition) is 3. The molecule has 0 atom stereocenters. The molecule has 17 heavy (non-hydrogen) atoms. The number of rotatable bonds is 5. The number of halogens is 1. The molecule has 0 saturated carbocycles. The van der Waals surface area contributed by atoms with Gasteiger partial charge in [-0.3, -0.25) is 9.52 Å². The van der Waals surface area contributed by atoms with Crippen LogP contribution in [0.3, 0.4) is 0 Å². The number of hydrogen-bond donors (Lipinski definition) is 2. The van der Waals surface area contributed by atoms with Crippen LogP contribution in [0, 0.1) is 0 Å². The summed E-state index contributed by atoms with van der Waals surface area (Å²) in [5, 5.41) is 2.09. The Morgan fingerprint density at radius 1 is 1.41 bits per heavy atom. The zero-order valence-electron chi connectivity index (χ0n) is 9.23. The zero-order valence-corrected chi connectivity index (χ0v) is 10.8. The molecule has 0 aliphatic rings. The van der Waals surface area contributed by atoms with Gasteiger partial charge in [0.2, 0.25) is 10.0 Å². The summed E-state index contributed by atoms with van der Waals surface area (Å²) in [5.74, 6) is -0.251. The Morgan fingerprint density at radius 2 is 2.12 bits per heavy atom. The molecule has 0 aliphatic heterocycles. The van der Waals surface area contributed by atoms with E-state index in [0.29, 0.717) is 17.8 Å². The maximum absolute atomic E-state index is 11.5. The molecule has 1 amide bonds. The molecule has 1 rings (SSSR count). The maximum atomic E-state index is 11.5. The largest absolute Gasteiger partial charge is 0.352 e. The van der Waals surface area contributed by atoms with E-state index in [1.165, 1.54) is 6.07 Å². The Bertz CT molecular complexity index is 502. The van der Waals surface area contributed by atoms with Crippen molar-refractivity contribution >= 4 is 33.2 Å². The van der Waals surface area contributed by atoms with E-state index in [1.54, 1.807) is 25.1 Å². The van der Waals surface area contributed by atoms with Crippen LogP contribution < -0.4 is 10.0 Å². The number of carbonyl (C=O) groups excluding carboxylic acids is 1. The molecule has 0 bridgehead atoms. The van der Waals surface area contributed by atoms with E-state index in [4.69, 9.17) is 11.6 Å². The van der Waals surface area contributed by atoms with Crippen molar-refractivity contribution in [3.05, 3.63) is 29.8 Å². The number of amides is 1. The van der Waals surface area contributed by atoms with Gasteiger partial charge in [0.1, 0.15) is 5.21 Å². The van der Waals surface area contributed by atoms with Crippen molar-refractivity contribution < 1.29 is 13.2 Å². The normalized spacial score (nSPS) is 10.9. The summed E-state index contributed by atoms with van der Waals surface area (Å²) < 4.78 is 24.7. The highest BCUT2D eigenvalue weighted by Crippen LogP contribution is 2.12. The number of carbonyl (C=O) groups is 1. The summed E-state index contributed by atoms with van der Waals surface area (Å²) in [6.45, 7) is 2.31. The molecule has 0 aromatic heterocycles. The zero-order chi connectivity index (χ0) is 12.9. The van der Waals surface area contributed by atoms with Gasteiger partial charge in [-0.25, -0.2) is 8.42 Å². The van der Waals surface area contributed by atoms with Gasteiger partial charge in [-0.05, 0) is 25.1 Å². The number of sulfonamides is 1. The Hall–Kier alpha value is -1.27. The number of benzene rings is 1. The summed E-state index contributed by atoms with van der Waals surface area (Å²) in [6, 6.07) is 6.20. The van der Waals surface area contributed by atoms with E-state index in [0.717, 1.165) is 0 Å². The minimum atomic E-state index is -3.54.